The van der Waals surface area contributed by atoms with Crippen molar-refractivity contribution in [1.29, 1.82) is 0 Å². The van der Waals surface area contributed by atoms with E-state index in [2.05, 4.69) is 5.32 Å². The molecule has 2 rings (SSSR count). The molecule has 0 saturated heterocycles. The molecule has 0 radical (unpaired) electrons. The molecule has 3 nitrogen and oxygen atoms in total. The summed E-state index contributed by atoms with van der Waals surface area (Å²) in [6.07, 6.45) is 1.65. The highest BCUT2D eigenvalue weighted by Crippen LogP contribution is 2.25. The Morgan fingerprint density at radius 1 is 1.17 bits per heavy atom. The van der Waals surface area contributed by atoms with Crippen LogP contribution in [0.2, 0.25) is 0 Å². The van der Waals surface area contributed by atoms with Crippen LogP contribution in [0.3, 0.4) is 0 Å². The van der Waals surface area contributed by atoms with Gasteiger partial charge in [-0.1, -0.05) is 12.1 Å². The predicted octanol–water partition coefficient (Wildman–Crippen LogP) is 4.06. The first kappa shape index (κ1) is 18.3. The largest absolute Gasteiger partial charge is 0.497 e. The molecule has 1 atom stereocenters. The van der Waals surface area contributed by atoms with Crippen molar-refractivity contribution >= 4 is 17.7 Å². The van der Waals surface area contributed by atoms with Gasteiger partial charge in [-0.2, -0.15) is 0 Å². The number of hydrogen-bond acceptors (Lipinski definition) is 3. The zero-order valence-electron chi connectivity index (χ0n) is 13.9. The summed E-state index contributed by atoms with van der Waals surface area (Å²) in [5, 5.41) is 2.79. The van der Waals surface area contributed by atoms with Gasteiger partial charge in [-0.05, 0) is 61.7 Å². The summed E-state index contributed by atoms with van der Waals surface area (Å²) in [4.78, 5) is 13.2. The Hall–Kier alpha value is -2.01. The van der Waals surface area contributed by atoms with Gasteiger partial charge in [0.25, 0.3) is 0 Å². The average molecular weight is 347 g/mol. The number of benzene rings is 2. The third kappa shape index (κ3) is 5.89. The number of methoxy groups -OCH3 is 1. The summed E-state index contributed by atoms with van der Waals surface area (Å²) in [7, 11) is 1.63. The maximum Gasteiger partial charge on any atom is 0.233 e. The summed E-state index contributed by atoms with van der Waals surface area (Å²) in [6.45, 7) is 2.51. The number of carbonyl (C=O) groups is 1. The second-order valence-electron chi connectivity index (χ2n) is 5.46. The van der Waals surface area contributed by atoms with Crippen LogP contribution < -0.4 is 10.1 Å². The summed E-state index contributed by atoms with van der Waals surface area (Å²) in [5.41, 5.74) is 1.08. The number of rotatable bonds is 8. The number of amides is 1. The lowest BCUT2D eigenvalue weighted by atomic mass is 10.1. The van der Waals surface area contributed by atoms with E-state index < -0.39 is 0 Å². The molecule has 2 aromatic carbocycles. The number of carbonyl (C=O) groups excluding carboxylic acids is 1. The topological polar surface area (TPSA) is 38.3 Å². The monoisotopic (exact) mass is 347 g/mol. The van der Waals surface area contributed by atoms with Crippen LogP contribution in [0.4, 0.5) is 4.39 Å². The molecule has 24 heavy (non-hydrogen) atoms. The summed E-state index contributed by atoms with van der Waals surface area (Å²) in [5.74, 6) is 0.601. The van der Waals surface area contributed by atoms with Crippen LogP contribution >= 0.6 is 11.8 Å². The standard InChI is InChI=1S/C19H22FNO2S/c1-14(24-18-11-9-17(23-2)10-12-18)19(22)21-13-3-4-15-5-7-16(20)8-6-15/h5-12,14H,3-4,13H2,1-2H3,(H,21,22). The number of nitrogens with one attached hydrogen (secondary N) is 1. The van der Waals surface area contributed by atoms with E-state index in [9.17, 15) is 9.18 Å². The Morgan fingerprint density at radius 3 is 2.46 bits per heavy atom. The average Bonchev–Trinajstić information content (AvgIpc) is 2.60. The van der Waals surface area contributed by atoms with Gasteiger partial charge in [-0.25, -0.2) is 4.39 Å². The fraction of sp³-hybridized carbons (Fsp3) is 0.316. The van der Waals surface area contributed by atoms with Crippen LogP contribution in [-0.2, 0) is 11.2 Å². The fourth-order valence-corrected chi connectivity index (χ4v) is 3.10. The maximum absolute atomic E-state index is 12.8. The second-order valence-corrected chi connectivity index (χ2v) is 6.87. The molecule has 0 fully saturated rings. The number of ether oxygens (including phenoxy) is 1. The minimum atomic E-state index is -0.226. The highest BCUT2D eigenvalue weighted by Gasteiger charge is 2.13. The number of halogens is 1. The van der Waals surface area contributed by atoms with E-state index in [0.29, 0.717) is 6.54 Å². The molecule has 0 aliphatic heterocycles. The number of thioether (sulfide) groups is 1. The van der Waals surface area contributed by atoms with Crippen LogP contribution in [0.1, 0.15) is 18.9 Å². The van der Waals surface area contributed by atoms with Crippen LogP contribution in [0, 0.1) is 5.82 Å². The van der Waals surface area contributed by atoms with Gasteiger partial charge >= 0.3 is 0 Å². The van der Waals surface area contributed by atoms with Crippen molar-refractivity contribution < 1.29 is 13.9 Å². The lowest BCUT2D eigenvalue weighted by Crippen LogP contribution is -2.31. The molecule has 1 unspecified atom stereocenters. The minimum absolute atomic E-state index is 0.0231. The first-order valence-corrected chi connectivity index (χ1v) is 8.79. The Balaban J connectivity index is 1.70. The van der Waals surface area contributed by atoms with E-state index in [4.69, 9.17) is 4.74 Å². The molecule has 0 aliphatic carbocycles. The van der Waals surface area contributed by atoms with Gasteiger partial charge in [-0.15, -0.1) is 11.8 Å². The molecule has 5 heteroatoms. The molecule has 0 saturated carbocycles. The molecular weight excluding hydrogens is 325 g/mol. The Morgan fingerprint density at radius 2 is 1.83 bits per heavy atom. The zero-order chi connectivity index (χ0) is 17.4. The van der Waals surface area contributed by atoms with E-state index in [1.807, 2.05) is 31.2 Å². The van der Waals surface area contributed by atoms with E-state index in [-0.39, 0.29) is 17.0 Å². The van der Waals surface area contributed by atoms with Gasteiger partial charge in [0.1, 0.15) is 11.6 Å². The lowest BCUT2D eigenvalue weighted by molar-refractivity contribution is -0.120. The van der Waals surface area contributed by atoms with E-state index in [0.717, 1.165) is 29.1 Å². The summed E-state index contributed by atoms with van der Waals surface area (Å²) >= 11 is 1.52. The molecule has 1 amide bonds. The zero-order valence-corrected chi connectivity index (χ0v) is 14.7. The molecular formula is C19H22FNO2S. The Kier molecular flexibility index (Phi) is 7.12. The molecule has 0 heterocycles. The van der Waals surface area contributed by atoms with E-state index in [1.54, 1.807) is 19.2 Å². The number of aryl methyl sites for hydroxylation is 1. The van der Waals surface area contributed by atoms with Crippen molar-refractivity contribution in [2.45, 2.75) is 29.9 Å². The van der Waals surface area contributed by atoms with Gasteiger partial charge in [0.05, 0.1) is 12.4 Å². The number of hydrogen-bond donors (Lipinski definition) is 1. The SMILES string of the molecule is COc1ccc(SC(C)C(=O)NCCCc2ccc(F)cc2)cc1. The van der Waals surface area contributed by atoms with Gasteiger partial charge in [-0.3, -0.25) is 4.79 Å². The summed E-state index contributed by atoms with van der Waals surface area (Å²) in [6, 6.07) is 14.1. The molecule has 0 aromatic heterocycles. The van der Waals surface area contributed by atoms with Gasteiger partial charge in [0, 0.05) is 11.4 Å². The predicted molar refractivity (Wildman–Crippen MR) is 96.0 cm³/mol. The Bertz CT molecular complexity index is 643. The van der Waals surface area contributed by atoms with Crippen molar-refractivity contribution in [2.24, 2.45) is 0 Å². The minimum Gasteiger partial charge on any atom is -0.497 e. The van der Waals surface area contributed by atoms with Crippen LogP contribution in [0.15, 0.2) is 53.4 Å². The third-order valence-corrected chi connectivity index (χ3v) is 4.71. The second kappa shape index (κ2) is 9.33. The van der Waals surface area contributed by atoms with Crippen molar-refractivity contribution in [3.63, 3.8) is 0 Å². The normalized spacial score (nSPS) is 11.8. The maximum atomic E-state index is 12.8. The lowest BCUT2D eigenvalue weighted by Gasteiger charge is -2.12. The Labute approximate surface area is 146 Å². The van der Waals surface area contributed by atoms with Crippen LogP contribution in [0.25, 0.3) is 0 Å². The van der Waals surface area contributed by atoms with Gasteiger partial charge < -0.3 is 10.1 Å². The van der Waals surface area contributed by atoms with Crippen molar-refractivity contribution in [1.82, 2.24) is 5.32 Å². The molecule has 0 spiro atoms. The third-order valence-electron chi connectivity index (χ3n) is 3.60. The molecule has 0 bridgehead atoms. The van der Waals surface area contributed by atoms with E-state index in [1.165, 1.54) is 23.9 Å². The first-order chi connectivity index (χ1) is 11.6. The smallest absolute Gasteiger partial charge is 0.233 e. The van der Waals surface area contributed by atoms with Crippen LogP contribution in [-0.4, -0.2) is 24.8 Å². The molecule has 0 aliphatic rings. The van der Waals surface area contributed by atoms with Crippen molar-refractivity contribution in [2.75, 3.05) is 13.7 Å². The first-order valence-electron chi connectivity index (χ1n) is 7.91. The van der Waals surface area contributed by atoms with Crippen molar-refractivity contribution in [3.8, 4) is 5.75 Å². The van der Waals surface area contributed by atoms with Crippen LogP contribution in [0.5, 0.6) is 5.75 Å². The van der Waals surface area contributed by atoms with Crippen molar-refractivity contribution in [3.05, 3.63) is 59.9 Å². The van der Waals surface area contributed by atoms with Gasteiger partial charge in [0.2, 0.25) is 5.91 Å². The van der Waals surface area contributed by atoms with E-state index >= 15 is 0 Å². The summed E-state index contributed by atoms with van der Waals surface area (Å²) < 4.78 is 17.9. The molecule has 1 N–H and O–H groups in total. The molecule has 2 aromatic rings. The highest BCUT2D eigenvalue weighted by atomic mass is 32.2. The molecule has 128 valence electrons. The fourth-order valence-electron chi connectivity index (χ4n) is 2.21. The van der Waals surface area contributed by atoms with Gasteiger partial charge in [0.15, 0.2) is 0 Å². The quantitative estimate of drug-likeness (QED) is 0.578. The highest BCUT2D eigenvalue weighted by molar-refractivity contribution is 8.00.